The lowest BCUT2D eigenvalue weighted by Crippen LogP contribution is -2.21. The summed E-state index contributed by atoms with van der Waals surface area (Å²) in [6.07, 6.45) is 4.35. The molecule has 1 N–H and O–H groups in total. The Kier molecular flexibility index (Phi) is 5.48. The molecule has 0 radical (unpaired) electrons. The van der Waals surface area contributed by atoms with Gasteiger partial charge in [-0.3, -0.25) is 0 Å². The largest absolute Gasteiger partial charge is 0.497 e. The van der Waals surface area contributed by atoms with Gasteiger partial charge in [0.15, 0.2) is 0 Å². The molecule has 0 saturated heterocycles. The molecule has 0 aliphatic carbocycles. The van der Waals surface area contributed by atoms with E-state index in [-0.39, 0.29) is 0 Å². The highest BCUT2D eigenvalue weighted by molar-refractivity contribution is 9.10. The third-order valence-corrected chi connectivity index (χ3v) is 4.49. The van der Waals surface area contributed by atoms with Crippen molar-refractivity contribution in [1.29, 1.82) is 0 Å². The van der Waals surface area contributed by atoms with Crippen LogP contribution in [0.25, 0.3) is 0 Å². The van der Waals surface area contributed by atoms with E-state index < -0.39 is 0 Å². The van der Waals surface area contributed by atoms with Crippen LogP contribution in [0, 0.1) is 5.92 Å². The molecule has 0 spiro atoms. The Morgan fingerprint density at radius 2 is 2.05 bits per heavy atom. The van der Waals surface area contributed by atoms with E-state index >= 15 is 0 Å². The number of rotatable bonds is 6. The average molecular weight is 351 g/mol. The molecule has 2 rings (SSSR count). The monoisotopic (exact) mass is 350 g/mol. The fourth-order valence-corrected chi connectivity index (χ4v) is 2.99. The van der Waals surface area contributed by atoms with Crippen LogP contribution in [0.4, 0.5) is 0 Å². The van der Waals surface area contributed by atoms with Crippen molar-refractivity contribution in [2.45, 2.75) is 26.4 Å². The highest BCUT2D eigenvalue weighted by Gasteiger charge is 2.14. The van der Waals surface area contributed by atoms with E-state index in [4.69, 9.17) is 4.74 Å². The summed E-state index contributed by atoms with van der Waals surface area (Å²) in [7, 11) is 3.71. The molecule has 0 saturated carbocycles. The third kappa shape index (κ3) is 3.89. The number of methoxy groups -OCH3 is 1. The Morgan fingerprint density at radius 1 is 1.29 bits per heavy atom. The molecule has 114 valence electrons. The topological polar surface area (TPSA) is 26.2 Å². The van der Waals surface area contributed by atoms with E-state index in [1.54, 1.807) is 7.11 Å². The van der Waals surface area contributed by atoms with Crippen LogP contribution in [0.15, 0.2) is 41.1 Å². The average Bonchev–Trinajstić information content (AvgIpc) is 2.90. The van der Waals surface area contributed by atoms with Gasteiger partial charge in [0.1, 0.15) is 5.75 Å². The zero-order valence-electron chi connectivity index (χ0n) is 13.1. The van der Waals surface area contributed by atoms with E-state index in [2.05, 4.69) is 64.2 Å². The summed E-state index contributed by atoms with van der Waals surface area (Å²) in [5.41, 5.74) is 2.54. The van der Waals surface area contributed by atoms with Crippen LogP contribution in [0.5, 0.6) is 5.75 Å². The molecule has 2 aromatic rings. The van der Waals surface area contributed by atoms with Crippen LogP contribution >= 0.6 is 15.9 Å². The van der Waals surface area contributed by atoms with Crippen molar-refractivity contribution in [2.75, 3.05) is 14.2 Å². The Balaban J connectivity index is 2.19. The van der Waals surface area contributed by atoms with Gasteiger partial charge in [0.05, 0.1) is 7.11 Å². The number of aromatic nitrogens is 1. The summed E-state index contributed by atoms with van der Waals surface area (Å²) in [6, 6.07) is 8.64. The van der Waals surface area contributed by atoms with Crippen molar-refractivity contribution in [2.24, 2.45) is 5.92 Å². The third-order valence-electron chi connectivity index (χ3n) is 3.72. The molecule has 0 bridgehead atoms. The first kappa shape index (κ1) is 16.1. The highest BCUT2D eigenvalue weighted by Crippen LogP contribution is 2.25. The summed E-state index contributed by atoms with van der Waals surface area (Å²) in [5.74, 6) is 1.45. The predicted molar refractivity (Wildman–Crippen MR) is 90.9 cm³/mol. The molecule has 0 fully saturated rings. The molecule has 1 aromatic heterocycles. The molecule has 0 aliphatic heterocycles. The first-order valence-corrected chi connectivity index (χ1v) is 7.99. The minimum atomic E-state index is 0.389. The van der Waals surface area contributed by atoms with E-state index in [0.29, 0.717) is 12.0 Å². The van der Waals surface area contributed by atoms with E-state index in [9.17, 15) is 0 Å². The minimum absolute atomic E-state index is 0.389. The van der Waals surface area contributed by atoms with E-state index in [1.807, 2.05) is 19.2 Å². The normalized spacial score (nSPS) is 12.7. The standard InChI is InChI=1S/C17H23BrN2O/c1-12(2)17(19-3)13-7-8-20(10-13)11-14-9-15(21-4)5-6-16(14)18/h5-10,12,17,19H,11H2,1-4H3. The number of hydrogen-bond acceptors (Lipinski definition) is 2. The summed E-state index contributed by atoms with van der Waals surface area (Å²) in [4.78, 5) is 0. The van der Waals surface area contributed by atoms with Crippen LogP contribution in [-0.4, -0.2) is 18.7 Å². The number of nitrogens with one attached hydrogen (secondary N) is 1. The number of benzene rings is 1. The maximum atomic E-state index is 5.30. The lowest BCUT2D eigenvalue weighted by atomic mass is 9.99. The molecule has 1 aromatic carbocycles. The SMILES string of the molecule is CNC(c1ccn(Cc2cc(OC)ccc2Br)c1)C(C)C. The second-order valence-electron chi connectivity index (χ2n) is 5.58. The highest BCUT2D eigenvalue weighted by atomic mass is 79.9. The van der Waals surface area contributed by atoms with Gasteiger partial charge in [0, 0.05) is 29.5 Å². The number of halogens is 1. The summed E-state index contributed by atoms with van der Waals surface area (Å²) >= 11 is 3.61. The fraction of sp³-hybridized carbons (Fsp3) is 0.412. The van der Waals surface area contributed by atoms with Gasteiger partial charge in [-0.2, -0.15) is 0 Å². The smallest absolute Gasteiger partial charge is 0.119 e. The van der Waals surface area contributed by atoms with Crippen LogP contribution in [0.1, 0.15) is 31.0 Å². The lowest BCUT2D eigenvalue weighted by Gasteiger charge is -2.18. The first-order valence-electron chi connectivity index (χ1n) is 7.20. The molecule has 1 heterocycles. The van der Waals surface area contributed by atoms with Crippen LogP contribution in [0.2, 0.25) is 0 Å². The van der Waals surface area contributed by atoms with Crippen LogP contribution < -0.4 is 10.1 Å². The van der Waals surface area contributed by atoms with Crippen molar-refractivity contribution in [3.8, 4) is 5.75 Å². The van der Waals surface area contributed by atoms with Crippen molar-refractivity contribution in [3.05, 3.63) is 52.3 Å². The number of ether oxygens (including phenoxy) is 1. The first-order chi connectivity index (χ1) is 10.0. The van der Waals surface area contributed by atoms with Crippen molar-refractivity contribution < 1.29 is 4.74 Å². The van der Waals surface area contributed by atoms with Gasteiger partial charge in [-0.25, -0.2) is 0 Å². The minimum Gasteiger partial charge on any atom is -0.497 e. The quantitative estimate of drug-likeness (QED) is 0.843. The van der Waals surface area contributed by atoms with Crippen molar-refractivity contribution in [3.63, 3.8) is 0 Å². The van der Waals surface area contributed by atoms with Crippen molar-refractivity contribution in [1.82, 2.24) is 9.88 Å². The van der Waals surface area contributed by atoms with Crippen LogP contribution in [-0.2, 0) is 6.54 Å². The number of hydrogen-bond donors (Lipinski definition) is 1. The zero-order valence-corrected chi connectivity index (χ0v) is 14.6. The lowest BCUT2D eigenvalue weighted by molar-refractivity contribution is 0.414. The summed E-state index contributed by atoms with van der Waals surface area (Å²) < 4.78 is 8.61. The second-order valence-corrected chi connectivity index (χ2v) is 6.44. The molecule has 1 unspecified atom stereocenters. The molecule has 1 atom stereocenters. The maximum absolute atomic E-state index is 5.30. The number of nitrogens with zero attached hydrogens (tertiary/aromatic N) is 1. The molecule has 21 heavy (non-hydrogen) atoms. The fourth-order valence-electron chi connectivity index (χ4n) is 2.62. The molecular weight excluding hydrogens is 328 g/mol. The van der Waals surface area contributed by atoms with Crippen LogP contribution in [0.3, 0.4) is 0 Å². The summed E-state index contributed by atoms with van der Waals surface area (Å²) in [5, 5.41) is 3.38. The van der Waals surface area contributed by atoms with Gasteiger partial charge in [-0.15, -0.1) is 0 Å². The van der Waals surface area contributed by atoms with Crippen molar-refractivity contribution >= 4 is 15.9 Å². The molecule has 3 nitrogen and oxygen atoms in total. The molecule has 4 heteroatoms. The van der Waals surface area contributed by atoms with Gasteiger partial charge in [-0.05, 0) is 48.4 Å². The predicted octanol–water partition coefficient (Wildman–Crippen LogP) is 4.22. The van der Waals surface area contributed by atoms with Gasteiger partial charge < -0.3 is 14.6 Å². The Bertz CT molecular complexity index is 592. The van der Waals surface area contributed by atoms with Gasteiger partial charge >= 0.3 is 0 Å². The van der Waals surface area contributed by atoms with Gasteiger partial charge in [0.25, 0.3) is 0 Å². The van der Waals surface area contributed by atoms with E-state index in [0.717, 1.165) is 16.8 Å². The van der Waals surface area contributed by atoms with Gasteiger partial charge in [0.2, 0.25) is 0 Å². The molecule has 0 aliphatic rings. The Labute approximate surface area is 135 Å². The second kappa shape index (κ2) is 7.14. The molecule has 0 amide bonds. The molecular formula is C17H23BrN2O. The summed E-state index contributed by atoms with van der Waals surface area (Å²) in [6.45, 7) is 5.29. The maximum Gasteiger partial charge on any atom is 0.119 e. The Hall–Kier alpha value is -1.26. The Morgan fingerprint density at radius 3 is 2.67 bits per heavy atom. The zero-order chi connectivity index (χ0) is 15.4. The van der Waals surface area contributed by atoms with E-state index in [1.165, 1.54) is 11.1 Å². The van der Waals surface area contributed by atoms with Gasteiger partial charge in [-0.1, -0.05) is 29.8 Å².